The molecule has 3 aromatic rings. The zero-order valence-electron chi connectivity index (χ0n) is 19.2. The first-order chi connectivity index (χ1) is 16.3. The van der Waals surface area contributed by atoms with E-state index >= 15 is 0 Å². The maximum atomic E-state index is 13.0. The summed E-state index contributed by atoms with van der Waals surface area (Å²) in [7, 11) is 0. The van der Waals surface area contributed by atoms with E-state index in [1.54, 1.807) is 30.6 Å². The third-order valence-electron chi connectivity index (χ3n) is 4.70. The molecule has 0 spiro atoms. The number of carbonyl (C=O) groups is 3. The molecule has 0 aliphatic heterocycles. The van der Waals surface area contributed by atoms with E-state index in [0.717, 1.165) is 16.8 Å². The van der Waals surface area contributed by atoms with Crippen molar-refractivity contribution in [2.45, 2.75) is 37.5 Å². The lowest BCUT2D eigenvalue weighted by Gasteiger charge is -2.11. The van der Waals surface area contributed by atoms with Gasteiger partial charge in [0.15, 0.2) is 6.61 Å². The quantitative estimate of drug-likeness (QED) is 0.340. The van der Waals surface area contributed by atoms with E-state index in [1.165, 1.54) is 18.7 Å². The minimum absolute atomic E-state index is 0.232. The number of hydrogen-bond acceptors (Lipinski definition) is 7. The molecule has 176 valence electrons. The fourth-order valence-electron chi connectivity index (χ4n) is 2.98. The molecule has 0 aliphatic rings. The third kappa shape index (κ3) is 7.41. The largest absolute Gasteiger partial charge is 0.456 e. The van der Waals surface area contributed by atoms with Crippen molar-refractivity contribution >= 4 is 41.1 Å². The van der Waals surface area contributed by atoms with E-state index in [2.05, 4.69) is 39.2 Å². The summed E-state index contributed by atoms with van der Waals surface area (Å²) >= 11 is 1.41. The average Bonchev–Trinajstić information content (AvgIpc) is 2.82. The maximum absolute atomic E-state index is 13.0. The molecule has 3 rings (SSSR count). The molecule has 2 amide bonds. The Hall–Kier alpha value is -3.72. The predicted octanol–water partition coefficient (Wildman–Crippen LogP) is 4.65. The van der Waals surface area contributed by atoms with Crippen molar-refractivity contribution in [2.75, 3.05) is 17.2 Å². The van der Waals surface area contributed by atoms with Crippen LogP contribution in [0.15, 0.2) is 66.0 Å². The zero-order valence-corrected chi connectivity index (χ0v) is 20.0. The van der Waals surface area contributed by atoms with Gasteiger partial charge in [-0.3, -0.25) is 14.4 Å². The molecule has 1 aromatic carbocycles. The first-order valence-corrected chi connectivity index (χ1v) is 11.7. The van der Waals surface area contributed by atoms with Crippen molar-refractivity contribution in [3.63, 3.8) is 0 Å². The van der Waals surface area contributed by atoms with Crippen molar-refractivity contribution in [2.24, 2.45) is 0 Å². The van der Waals surface area contributed by atoms with Crippen LogP contribution in [0.25, 0.3) is 0 Å². The van der Waals surface area contributed by atoms with Crippen molar-refractivity contribution in [3.05, 3.63) is 77.6 Å². The predicted molar refractivity (Wildman–Crippen MR) is 132 cm³/mol. The fraction of sp³-hybridized carbons (Fsp3) is 0.240. The van der Waals surface area contributed by atoms with Gasteiger partial charge in [-0.25, -0.2) is 9.97 Å². The van der Waals surface area contributed by atoms with Gasteiger partial charge in [0.25, 0.3) is 11.8 Å². The summed E-state index contributed by atoms with van der Waals surface area (Å²) in [5.41, 5.74) is 3.24. The van der Waals surface area contributed by atoms with Crippen LogP contribution in [0.2, 0.25) is 0 Å². The molecule has 8 nitrogen and oxygen atoms in total. The fourth-order valence-corrected chi connectivity index (χ4v) is 3.92. The molecule has 0 aliphatic carbocycles. The monoisotopic (exact) mass is 478 g/mol. The number of aromatic nitrogens is 2. The summed E-state index contributed by atoms with van der Waals surface area (Å²) in [6, 6.07) is 14.8. The van der Waals surface area contributed by atoms with Crippen LogP contribution in [0, 0.1) is 0 Å². The summed E-state index contributed by atoms with van der Waals surface area (Å²) in [6.07, 6.45) is 3.22. The number of rotatable bonds is 9. The van der Waals surface area contributed by atoms with Crippen LogP contribution >= 0.6 is 11.8 Å². The molecule has 34 heavy (non-hydrogen) atoms. The van der Waals surface area contributed by atoms with Crippen LogP contribution in [-0.4, -0.2) is 34.4 Å². The lowest BCUT2D eigenvalue weighted by Crippen LogP contribution is -2.20. The highest BCUT2D eigenvalue weighted by molar-refractivity contribution is 7.98. The summed E-state index contributed by atoms with van der Waals surface area (Å²) in [4.78, 5) is 44.1. The molecule has 9 heteroatoms. The number of amides is 2. The smallest absolute Gasteiger partial charge is 0.303 e. The molecule has 2 heterocycles. The number of hydrogen-bond donors (Lipinski definition) is 2. The topological polar surface area (TPSA) is 110 Å². The van der Waals surface area contributed by atoms with Gasteiger partial charge in [0.05, 0.1) is 5.56 Å². The average molecular weight is 479 g/mol. The molecule has 0 unspecified atom stereocenters. The molecular formula is C25H26N4O4S. The highest BCUT2D eigenvalue weighted by atomic mass is 32.2. The molecule has 0 radical (unpaired) electrons. The van der Waals surface area contributed by atoms with Gasteiger partial charge in [0.1, 0.15) is 10.8 Å². The van der Waals surface area contributed by atoms with Crippen molar-refractivity contribution in [1.29, 1.82) is 0 Å². The summed E-state index contributed by atoms with van der Waals surface area (Å²) in [5, 5.41) is 6.14. The number of thioether (sulfide) groups is 1. The minimum atomic E-state index is -0.531. The second kappa shape index (κ2) is 11.9. The SMILES string of the molecule is CC(=O)OCC(=O)Nc1cc(CSc2ncccc2C(=O)Nc2cccc(C(C)C)c2)ccn1. The van der Waals surface area contributed by atoms with Gasteiger partial charge in [-0.1, -0.05) is 26.0 Å². The Morgan fingerprint density at radius 3 is 2.59 bits per heavy atom. The van der Waals surface area contributed by atoms with Crippen LogP contribution in [0.4, 0.5) is 11.5 Å². The normalized spacial score (nSPS) is 10.6. The lowest BCUT2D eigenvalue weighted by atomic mass is 10.0. The molecule has 2 N–H and O–H groups in total. The third-order valence-corrected chi connectivity index (χ3v) is 5.78. The highest BCUT2D eigenvalue weighted by Crippen LogP contribution is 2.26. The Bertz CT molecular complexity index is 1180. The standard InChI is InChI=1S/C25H26N4O4S/c1-16(2)19-6-4-7-20(13-19)28-24(32)21-8-5-10-27-25(21)34-15-18-9-11-26-22(12-18)29-23(31)14-33-17(3)30/h4-13,16H,14-15H2,1-3H3,(H,28,32)(H,26,29,31). The first kappa shape index (κ1) is 24.9. The molecule has 0 bridgehead atoms. The van der Waals surface area contributed by atoms with E-state index in [1.807, 2.05) is 30.3 Å². The molecule has 0 atom stereocenters. The summed E-state index contributed by atoms with van der Waals surface area (Å²) in [5.74, 6) is -0.0223. The van der Waals surface area contributed by atoms with Gasteiger partial charge in [0, 0.05) is 30.8 Å². The van der Waals surface area contributed by atoms with Gasteiger partial charge >= 0.3 is 5.97 Å². The molecule has 0 fully saturated rings. The maximum Gasteiger partial charge on any atom is 0.303 e. The number of carbonyl (C=O) groups excluding carboxylic acids is 3. The summed E-state index contributed by atoms with van der Waals surface area (Å²) < 4.78 is 4.68. The van der Waals surface area contributed by atoms with Crippen molar-refractivity contribution in [3.8, 4) is 0 Å². The Morgan fingerprint density at radius 1 is 1.00 bits per heavy atom. The second-order valence-electron chi connectivity index (χ2n) is 7.76. The Kier molecular flexibility index (Phi) is 8.75. The number of anilines is 2. The number of esters is 1. The van der Waals surface area contributed by atoms with E-state index in [0.29, 0.717) is 28.1 Å². The first-order valence-electron chi connectivity index (χ1n) is 10.7. The van der Waals surface area contributed by atoms with E-state index in [4.69, 9.17) is 0 Å². The summed E-state index contributed by atoms with van der Waals surface area (Å²) in [6.45, 7) is 5.07. The molecule has 2 aromatic heterocycles. The Labute approximate surface area is 202 Å². The van der Waals surface area contributed by atoms with E-state index in [-0.39, 0.29) is 12.5 Å². The second-order valence-corrected chi connectivity index (χ2v) is 8.72. The Balaban J connectivity index is 1.65. The number of nitrogens with one attached hydrogen (secondary N) is 2. The lowest BCUT2D eigenvalue weighted by molar-refractivity contribution is -0.144. The number of pyridine rings is 2. The van der Waals surface area contributed by atoms with Gasteiger partial charge in [-0.15, -0.1) is 11.8 Å². The van der Waals surface area contributed by atoms with E-state index < -0.39 is 11.9 Å². The van der Waals surface area contributed by atoms with Crippen molar-refractivity contribution in [1.82, 2.24) is 9.97 Å². The van der Waals surface area contributed by atoms with Crippen LogP contribution in [0.1, 0.15) is 48.2 Å². The van der Waals surface area contributed by atoms with Gasteiger partial charge < -0.3 is 15.4 Å². The van der Waals surface area contributed by atoms with Crippen LogP contribution in [0.5, 0.6) is 0 Å². The van der Waals surface area contributed by atoms with Crippen LogP contribution in [-0.2, 0) is 20.1 Å². The van der Waals surface area contributed by atoms with Gasteiger partial charge in [-0.05, 0) is 53.4 Å². The number of ether oxygens (including phenoxy) is 1. The number of benzene rings is 1. The number of nitrogens with zero attached hydrogens (tertiary/aromatic N) is 2. The van der Waals surface area contributed by atoms with E-state index in [9.17, 15) is 14.4 Å². The highest BCUT2D eigenvalue weighted by Gasteiger charge is 2.14. The zero-order chi connectivity index (χ0) is 24.5. The molecule has 0 saturated carbocycles. The van der Waals surface area contributed by atoms with Crippen LogP contribution < -0.4 is 10.6 Å². The molecular weight excluding hydrogens is 452 g/mol. The van der Waals surface area contributed by atoms with Gasteiger partial charge in [0.2, 0.25) is 0 Å². The van der Waals surface area contributed by atoms with Crippen molar-refractivity contribution < 1.29 is 19.1 Å². The van der Waals surface area contributed by atoms with Crippen LogP contribution in [0.3, 0.4) is 0 Å². The Morgan fingerprint density at radius 2 is 1.82 bits per heavy atom. The minimum Gasteiger partial charge on any atom is -0.456 e. The molecule has 0 saturated heterocycles. The van der Waals surface area contributed by atoms with Gasteiger partial charge in [-0.2, -0.15) is 0 Å².